The number of hydrogen-bond donors (Lipinski definition) is 0. The highest BCUT2D eigenvalue weighted by Crippen LogP contribution is 2.24. The first-order chi connectivity index (χ1) is 7.83. The minimum Gasteiger partial charge on any atom is -0.367 e. The summed E-state index contributed by atoms with van der Waals surface area (Å²) in [7, 11) is 0. The molecule has 0 N–H and O–H groups in total. The molecule has 2 fully saturated rings. The molecule has 0 radical (unpaired) electrons. The summed E-state index contributed by atoms with van der Waals surface area (Å²) in [5.41, 5.74) is 2.39. The predicted octanol–water partition coefficient (Wildman–Crippen LogP) is 1.67. The molecule has 0 spiro atoms. The fourth-order valence-corrected chi connectivity index (χ4v) is 2.87. The second-order valence-electron chi connectivity index (χ2n) is 4.94. The quantitative estimate of drug-likeness (QED) is 0.713. The van der Waals surface area contributed by atoms with Crippen LogP contribution < -0.4 is 4.90 Å². The highest BCUT2D eigenvalue weighted by Gasteiger charge is 2.30. The molecule has 1 aromatic rings. The van der Waals surface area contributed by atoms with Gasteiger partial charge in [-0.15, -0.1) is 0 Å². The lowest BCUT2D eigenvalue weighted by atomic mass is 10.1. The van der Waals surface area contributed by atoms with Crippen LogP contribution in [0.5, 0.6) is 0 Å². The number of fused-ring (bicyclic) bond motifs is 1. The van der Waals surface area contributed by atoms with Crippen molar-refractivity contribution in [3.8, 4) is 0 Å². The van der Waals surface area contributed by atoms with Crippen molar-refractivity contribution in [1.82, 2.24) is 9.88 Å². The summed E-state index contributed by atoms with van der Waals surface area (Å²) in [6.45, 7) is 6.91. The number of aryl methyl sites for hydroxylation is 1. The number of anilines is 1. The van der Waals surface area contributed by atoms with Crippen LogP contribution in [0.3, 0.4) is 0 Å². The zero-order chi connectivity index (χ0) is 11.0. The third-order valence-corrected chi connectivity index (χ3v) is 3.85. The largest absolute Gasteiger partial charge is 0.367 e. The summed E-state index contributed by atoms with van der Waals surface area (Å²) >= 11 is 0. The SMILES string of the molecule is Cc1ccc(N2CCN3CCCC3C2)cn1. The Morgan fingerprint density at radius 3 is 3.00 bits per heavy atom. The summed E-state index contributed by atoms with van der Waals surface area (Å²) in [4.78, 5) is 9.51. The Kier molecular flexibility index (Phi) is 2.56. The zero-order valence-corrected chi connectivity index (χ0v) is 9.89. The summed E-state index contributed by atoms with van der Waals surface area (Å²) in [5.74, 6) is 0. The lowest BCUT2D eigenvalue weighted by Crippen LogP contribution is -2.50. The van der Waals surface area contributed by atoms with Crippen LogP contribution in [0, 0.1) is 6.92 Å². The molecule has 2 aliphatic rings. The van der Waals surface area contributed by atoms with Gasteiger partial charge < -0.3 is 4.90 Å². The Balaban J connectivity index is 1.74. The molecule has 3 nitrogen and oxygen atoms in total. The van der Waals surface area contributed by atoms with Gasteiger partial charge in [-0.2, -0.15) is 0 Å². The number of rotatable bonds is 1. The maximum atomic E-state index is 4.38. The van der Waals surface area contributed by atoms with Gasteiger partial charge in [-0.3, -0.25) is 9.88 Å². The molecule has 16 heavy (non-hydrogen) atoms. The van der Waals surface area contributed by atoms with Crippen LogP contribution in [0.15, 0.2) is 18.3 Å². The van der Waals surface area contributed by atoms with Crippen LogP contribution in [0.1, 0.15) is 18.5 Å². The van der Waals surface area contributed by atoms with E-state index < -0.39 is 0 Å². The monoisotopic (exact) mass is 217 g/mol. The van der Waals surface area contributed by atoms with Gasteiger partial charge in [0, 0.05) is 31.4 Å². The molecule has 0 saturated carbocycles. The second-order valence-corrected chi connectivity index (χ2v) is 4.94. The van der Waals surface area contributed by atoms with Crippen LogP contribution in [0.25, 0.3) is 0 Å². The summed E-state index contributed by atoms with van der Waals surface area (Å²) in [5, 5.41) is 0. The fraction of sp³-hybridized carbons (Fsp3) is 0.615. The standard InChI is InChI=1S/C13H19N3/c1-11-4-5-12(9-14-11)16-8-7-15-6-2-3-13(15)10-16/h4-5,9,13H,2-3,6-8,10H2,1H3. The van der Waals surface area contributed by atoms with Crippen molar-refractivity contribution >= 4 is 5.69 Å². The van der Waals surface area contributed by atoms with Crippen molar-refractivity contribution in [2.45, 2.75) is 25.8 Å². The molecule has 1 aromatic heterocycles. The van der Waals surface area contributed by atoms with Crippen molar-refractivity contribution in [2.75, 3.05) is 31.1 Å². The molecular formula is C13H19N3. The molecule has 1 atom stereocenters. The first kappa shape index (κ1) is 10.1. The number of hydrogen-bond acceptors (Lipinski definition) is 3. The second kappa shape index (κ2) is 4.06. The van der Waals surface area contributed by atoms with E-state index in [1.807, 2.05) is 13.1 Å². The van der Waals surface area contributed by atoms with Gasteiger partial charge in [0.2, 0.25) is 0 Å². The molecule has 2 saturated heterocycles. The van der Waals surface area contributed by atoms with Gasteiger partial charge in [-0.25, -0.2) is 0 Å². The van der Waals surface area contributed by atoms with Gasteiger partial charge in [-0.05, 0) is 38.4 Å². The third-order valence-electron chi connectivity index (χ3n) is 3.85. The van der Waals surface area contributed by atoms with Gasteiger partial charge in [-0.1, -0.05) is 0 Å². The average molecular weight is 217 g/mol. The van der Waals surface area contributed by atoms with Crippen molar-refractivity contribution in [3.63, 3.8) is 0 Å². The van der Waals surface area contributed by atoms with Crippen molar-refractivity contribution in [2.24, 2.45) is 0 Å². The zero-order valence-electron chi connectivity index (χ0n) is 9.89. The highest BCUT2D eigenvalue weighted by molar-refractivity contribution is 5.45. The first-order valence-corrected chi connectivity index (χ1v) is 6.24. The Morgan fingerprint density at radius 1 is 1.25 bits per heavy atom. The highest BCUT2D eigenvalue weighted by atomic mass is 15.3. The van der Waals surface area contributed by atoms with E-state index in [2.05, 4.69) is 26.9 Å². The average Bonchev–Trinajstić information content (AvgIpc) is 2.77. The van der Waals surface area contributed by atoms with Gasteiger partial charge in [0.05, 0.1) is 11.9 Å². The Bertz CT molecular complexity index is 360. The molecule has 3 heteroatoms. The van der Waals surface area contributed by atoms with Crippen LogP contribution in [0.2, 0.25) is 0 Å². The van der Waals surface area contributed by atoms with E-state index >= 15 is 0 Å². The van der Waals surface area contributed by atoms with Crippen molar-refractivity contribution in [1.29, 1.82) is 0 Å². The molecule has 0 aliphatic carbocycles. The molecule has 0 aromatic carbocycles. The number of pyridine rings is 1. The summed E-state index contributed by atoms with van der Waals surface area (Å²) < 4.78 is 0. The molecule has 3 rings (SSSR count). The van der Waals surface area contributed by atoms with Gasteiger partial charge in [0.1, 0.15) is 0 Å². The molecule has 0 bridgehead atoms. The van der Waals surface area contributed by atoms with Gasteiger partial charge in [0.15, 0.2) is 0 Å². The van der Waals surface area contributed by atoms with Gasteiger partial charge in [0.25, 0.3) is 0 Å². The van der Waals surface area contributed by atoms with E-state index in [-0.39, 0.29) is 0 Å². The van der Waals surface area contributed by atoms with E-state index in [0.717, 1.165) is 18.3 Å². The topological polar surface area (TPSA) is 19.4 Å². The van der Waals surface area contributed by atoms with E-state index in [1.54, 1.807) is 0 Å². The molecule has 2 aliphatic heterocycles. The smallest absolute Gasteiger partial charge is 0.0553 e. The Labute approximate surface area is 97.1 Å². The normalized spacial score (nSPS) is 25.8. The molecule has 0 amide bonds. The van der Waals surface area contributed by atoms with Crippen LogP contribution in [-0.2, 0) is 0 Å². The number of aromatic nitrogens is 1. The Hall–Kier alpha value is -1.09. The third kappa shape index (κ3) is 1.80. The van der Waals surface area contributed by atoms with Crippen LogP contribution in [0.4, 0.5) is 5.69 Å². The molecular weight excluding hydrogens is 198 g/mol. The molecule has 1 unspecified atom stereocenters. The first-order valence-electron chi connectivity index (χ1n) is 6.24. The maximum Gasteiger partial charge on any atom is 0.0553 e. The lowest BCUT2D eigenvalue weighted by Gasteiger charge is -2.38. The number of nitrogens with zero attached hydrogens (tertiary/aromatic N) is 3. The summed E-state index contributed by atoms with van der Waals surface area (Å²) in [6.07, 6.45) is 4.76. The van der Waals surface area contributed by atoms with Gasteiger partial charge >= 0.3 is 0 Å². The van der Waals surface area contributed by atoms with Crippen LogP contribution >= 0.6 is 0 Å². The van der Waals surface area contributed by atoms with Crippen molar-refractivity contribution < 1.29 is 0 Å². The minimum absolute atomic E-state index is 0.787. The number of piperazine rings is 1. The minimum atomic E-state index is 0.787. The van der Waals surface area contributed by atoms with Crippen LogP contribution in [-0.4, -0.2) is 42.1 Å². The molecule has 86 valence electrons. The summed E-state index contributed by atoms with van der Waals surface area (Å²) in [6, 6.07) is 5.10. The fourth-order valence-electron chi connectivity index (χ4n) is 2.87. The van der Waals surface area contributed by atoms with E-state index in [4.69, 9.17) is 0 Å². The Morgan fingerprint density at radius 2 is 2.19 bits per heavy atom. The molecule has 3 heterocycles. The maximum absolute atomic E-state index is 4.38. The predicted molar refractivity (Wildman–Crippen MR) is 65.8 cm³/mol. The van der Waals surface area contributed by atoms with E-state index in [1.165, 1.54) is 38.2 Å². The van der Waals surface area contributed by atoms with Crippen molar-refractivity contribution in [3.05, 3.63) is 24.0 Å². The van der Waals surface area contributed by atoms with E-state index in [9.17, 15) is 0 Å². The lowest BCUT2D eigenvalue weighted by molar-refractivity contribution is 0.231. The van der Waals surface area contributed by atoms with E-state index in [0.29, 0.717) is 0 Å².